The van der Waals surface area contributed by atoms with E-state index in [1.54, 1.807) is 26.0 Å². The van der Waals surface area contributed by atoms with Gasteiger partial charge in [-0.1, -0.05) is 12.1 Å². The van der Waals surface area contributed by atoms with Crippen molar-refractivity contribution in [3.63, 3.8) is 0 Å². The van der Waals surface area contributed by atoms with Crippen LogP contribution in [0.25, 0.3) is 0 Å². The van der Waals surface area contributed by atoms with Gasteiger partial charge in [0.2, 0.25) is 5.88 Å². The molecule has 0 atom stereocenters. The van der Waals surface area contributed by atoms with Crippen LogP contribution < -0.4 is 15.0 Å². The number of pyridine rings is 1. The fourth-order valence-corrected chi connectivity index (χ4v) is 3.08. The molecule has 2 aromatic carbocycles. The Morgan fingerprint density at radius 2 is 1.81 bits per heavy atom. The lowest BCUT2D eigenvalue weighted by Gasteiger charge is -2.27. The van der Waals surface area contributed by atoms with Crippen LogP contribution in [0.5, 0.6) is 11.6 Å². The molecule has 31 heavy (non-hydrogen) atoms. The highest BCUT2D eigenvalue weighted by molar-refractivity contribution is 5.96. The first-order valence-corrected chi connectivity index (χ1v) is 9.90. The number of hydrogen-bond donors (Lipinski definition) is 2. The molecule has 162 valence electrons. The van der Waals surface area contributed by atoms with Gasteiger partial charge in [0, 0.05) is 32.0 Å². The average Bonchev–Trinajstić information content (AvgIpc) is 2.73. The van der Waals surface area contributed by atoms with Crippen molar-refractivity contribution in [3.05, 3.63) is 83.8 Å². The van der Waals surface area contributed by atoms with Crippen LogP contribution in [-0.4, -0.2) is 35.2 Å². The van der Waals surface area contributed by atoms with Gasteiger partial charge in [0.1, 0.15) is 17.1 Å². The number of carbonyl (C=O) groups is 1. The van der Waals surface area contributed by atoms with Crippen LogP contribution in [0.4, 0.5) is 10.1 Å². The molecule has 0 aliphatic carbocycles. The maximum Gasteiger partial charge on any atom is 0.257 e. The summed E-state index contributed by atoms with van der Waals surface area (Å²) >= 11 is 0. The Kier molecular flexibility index (Phi) is 6.87. The van der Waals surface area contributed by atoms with Gasteiger partial charge in [0.15, 0.2) is 0 Å². The van der Waals surface area contributed by atoms with Gasteiger partial charge in [-0.05, 0) is 67.9 Å². The van der Waals surface area contributed by atoms with Gasteiger partial charge in [0.25, 0.3) is 5.91 Å². The average molecular weight is 423 g/mol. The fraction of sp³-hybridized carbons (Fsp3) is 0.250. The Morgan fingerprint density at radius 1 is 1.13 bits per heavy atom. The van der Waals surface area contributed by atoms with Crippen molar-refractivity contribution >= 4 is 11.6 Å². The highest BCUT2D eigenvalue weighted by Crippen LogP contribution is 2.23. The van der Waals surface area contributed by atoms with Crippen LogP contribution >= 0.6 is 0 Å². The second kappa shape index (κ2) is 9.57. The number of amides is 1. The molecular weight excluding hydrogens is 397 g/mol. The van der Waals surface area contributed by atoms with E-state index in [1.165, 1.54) is 30.5 Å². The predicted octanol–water partition coefficient (Wildman–Crippen LogP) is 4.15. The summed E-state index contributed by atoms with van der Waals surface area (Å²) in [7, 11) is 1.92. The second-order valence-electron chi connectivity index (χ2n) is 7.93. The van der Waals surface area contributed by atoms with Gasteiger partial charge in [-0.15, -0.1) is 0 Å². The summed E-state index contributed by atoms with van der Waals surface area (Å²) in [5.74, 6) is -0.160. The quantitative estimate of drug-likeness (QED) is 0.569. The number of ether oxygens (including phenoxy) is 1. The van der Waals surface area contributed by atoms with Crippen molar-refractivity contribution in [1.82, 2.24) is 10.3 Å². The number of aromatic nitrogens is 1. The molecule has 3 rings (SSSR count). The predicted molar refractivity (Wildman–Crippen MR) is 118 cm³/mol. The van der Waals surface area contributed by atoms with Crippen molar-refractivity contribution in [3.8, 4) is 11.6 Å². The van der Waals surface area contributed by atoms with E-state index in [0.29, 0.717) is 18.8 Å². The maximum absolute atomic E-state index is 13.1. The molecule has 2 N–H and O–H groups in total. The number of anilines is 1. The summed E-state index contributed by atoms with van der Waals surface area (Å²) in [5, 5.41) is 12.8. The van der Waals surface area contributed by atoms with Crippen LogP contribution in [0.1, 0.15) is 29.8 Å². The van der Waals surface area contributed by atoms with Crippen LogP contribution in [0.2, 0.25) is 0 Å². The Bertz CT molecular complexity index is 1020. The van der Waals surface area contributed by atoms with Gasteiger partial charge in [-0.25, -0.2) is 9.37 Å². The molecule has 3 aromatic rings. The molecule has 1 aromatic heterocycles. The molecule has 1 amide bonds. The summed E-state index contributed by atoms with van der Waals surface area (Å²) in [4.78, 5) is 18.8. The fourth-order valence-electron chi connectivity index (χ4n) is 3.08. The van der Waals surface area contributed by atoms with E-state index in [-0.39, 0.29) is 23.2 Å². The molecule has 7 heteroatoms. The lowest BCUT2D eigenvalue weighted by Crippen LogP contribution is -2.36. The van der Waals surface area contributed by atoms with E-state index in [1.807, 2.05) is 36.2 Å². The van der Waals surface area contributed by atoms with E-state index in [2.05, 4.69) is 10.3 Å². The summed E-state index contributed by atoms with van der Waals surface area (Å²) in [5.41, 5.74) is 1.39. The van der Waals surface area contributed by atoms with Crippen LogP contribution in [0, 0.1) is 5.82 Å². The molecule has 0 saturated heterocycles. The van der Waals surface area contributed by atoms with Crippen molar-refractivity contribution in [2.45, 2.75) is 26.0 Å². The van der Waals surface area contributed by atoms with Gasteiger partial charge < -0.3 is 20.1 Å². The van der Waals surface area contributed by atoms with Crippen LogP contribution in [-0.2, 0) is 6.54 Å². The zero-order chi connectivity index (χ0) is 22.4. The van der Waals surface area contributed by atoms with Crippen LogP contribution in [0.15, 0.2) is 66.9 Å². The molecule has 6 nitrogen and oxygen atoms in total. The minimum Gasteiger partial charge on any atom is -0.438 e. The Hall–Kier alpha value is -3.45. The molecule has 0 spiro atoms. The largest absolute Gasteiger partial charge is 0.438 e. The first kappa shape index (κ1) is 22.2. The van der Waals surface area contributed by atoms with Gasteiger partial charge >= 0.3 is 0 Å². The van der Waals surface area contributed by atoms with Crippen molar-refractivity contribution in [1.29, 1.82) is 0 Å². The molecule has 0 fully saturated rings. The first-order chi connectivity index (χ1) is 14.7. The zero-order valence-electron chi connectivity index (χ0n) is 17.8. The van der Waals surface area contributed by atoms with Crippen molar-refractivity contribution < 1.29 is 19.0 Å². The standard InChI is InChI=1S/C24H26FN3O3/c1-24(2,30)16-28(3)19-10-6-17(7-11-19)15-27-22(29)21-5-4-14-26-23(21)31-20-12-8-18(25)9-13-20/h4-14,30H,15-16H2,1-3H3,(H,27,29). The minimum atomic E-state index is -0.793. The summed E-state index contributed by atoms with van der Waals surface area (Å²) in [6.45, 7) is 4.36. The third kappa shape index (κ3) is 6.52. The van der Waals surface area contributed by atoms with Crippen LogP contribution in [0.3, 0.4) is 0 Å². The van der Waals surface area contributed by atoms with Crippen molar-refractivity contribution in [2.75, 3.05) is 18.5 Å². The number of nitrogens with one attached hydrogen (secondary N) is 1. The Morgan fingerprint density at radius 3 is 2.45 bits per heavy atom. The van der Waals surface area contributed by atoms with Gasteiger partial charge in [-0.3, -0.25) is 4.79 Å². The van der Waals surface area contributed by atoms with E-state index in [9.17, 15) is 14.3 Å². The summed E-state index contributed by atoms with van der Waals surface area (Å²) in [6, 6.07) is 16.5. The third-order valence-electron chi connectivity index (χ3n) is 4.50. The molecule has 0 unspecified atom stereocenters. The molecule has 0 bridgehead atoms. The van der Waals surface area contributed by atoms with Crippen molar-refractivity contribution in [2.24, 2.45) is 0 Å². The summed E-state index contributed by atoms with van der Waals surface area (Å²) in [6.07, 6.45) is 1.53. The van der Waals surface area contributed by atoms with E-state index in [4.69, 9.17) is 4.74 Å². The normalized spacial score (nSPS) is 11.1. The lowest BCUT2D eigenvalue weighted by atomic mass is 10.1. The lowest BCUT2D eigenvalue weighted by molar-refractivity contribution is 0.0885. The summed E-state index contributed by atoms with van der Waals surface area (Å²) < 4.78 is 18.7. The highest BCUT2D eigenvalue weighted by Gasteiger charge is 2.16. The molecule has 0 radical (unpaired) electrons. The SMILES string of the molecule is CN(CC(C)(C)O)c1ccc(CNC(=O)c2cccnc2Oc2ccc(F)cc2)cc1. The number of rotatable bonds is 8. The molecule has 1 heterocycles. The number of carbonyl (C=O) groups excluding carboxylic acids is 1. The van der Waals surface area contributed by atoms with Gasteiger partial charge in [-0.2, -0.15) is 0 Å². The minimum absolute atomic E-state index is 0.148. The van der Waals surface area contributed by atoms with E-state index >= 15 is 0 Å². The Labute approximate surface area is 181 Å². The van der Waals surface area contributed by atoms with E-state index in [0.717, 1.165) is 11.3 Å². The van der Waals surface area contributed by atoms with Gasteiger partial charge in [0.05, 0.1) is 5.60 Å². The molecular formula is C24H26FN3O3. The topological polar surface area (TPSA) is 74.7 Å². The monoisotopic (exact) mass is 423 g/mol. The number of likely N-dealkylation sites (N-methyl/N-ethyl adjacent to an activating group) is 1. The zero-order valence-corrected chi connectivity index (χ0v) is 17.8. The highest BCUT2D eigenvalue weighted by atomic mass is 19.1. The number of benzene rings is 2. The number of halogens is 1. The van der Waals surface area contributed by atoms with E-state index < -0.39 is 5.60 Å². The molecule has 0 aliphatic rings. The smallest absolute Gasteiger partial charge is 0.257 e. The number of nitrogens with zero attached hydrogens (tertiary/aromatic N) is 2. The molecule has 0 aliphatic heterocycles. The number of aliphatic hydroxyl groups is 1. The molecule has 0 saturated carbocycles. The second-order valence-corrected chi connectivity index (χ2v) is 7.93. The third-order valence-corrected chi connectivity index (χ3v) is 4.50. The maximum atomic E-state index is 13.1. The Balaban J connectivity index is 1.63. The number of hydrogen-bond acceptors (Lipinski definition) is 5. The first-order valence-electron chi connectivity index (χ1n) is 9.90.